The van der Waals surface area contributed by atoms with Gasteiger partial charge in [-0.2, -0.15) is 0 Å². The Balaban J connectivity index is 3.43. The standard InChI is InChI=1S/C8H20O2Si/c1-9-5-7-11(3,4)8-6-10-2/h5-8H2,1-4H3. The zero-order valence-corrected chi connectivity index (χ0v) is 9.14. The fourth-order valence-corrected chi connectivity index (χ4v) is 2.65. The maximum Gasteiger partial charge on any atom is 0.0519 e. The van der Waals surface area contributed by atoms with E-state index in [2.05, 4.69) is 13.1 Å². The highest BCUT2D eigenvalue weighted by Crippen LogP contribution is 2.14. The maximum absolute atomic E-state index is 5.05. The van der Waals surface area contributed by atoms with Crippen LogP contribution >= 0.6 is 0 Å². The molecule has 68 valence electrons. The highest BCUT2D eigenvalue weighted by Gasteiger charge is 2.19. The Labute approximate surface area is 70.9 Å². The number of methoxy groups -OCH3 is 2. The second-order valence-corrected chi connectivity index (χ2v) is 8.98. The number of hydrogen-bond acceptors (Lipinski definition) is 2. The highest BCUT2D eigenvalue weighted by molar-refractivity contribution is 6.77. The fraction of sp³-hybridized carbons (Fsp3) is 1.00. The lowest BCUT2D eigenvalue weighted by molar-refractivity contribution is 0.208. The van der Waals surface area contributed by atoms with Crippen molar-refractivity contribution in [2.24, 2.45) is 0 Å². The Kier molecular flexibility index (Phi) is 5.82. The fourth-order valence-electron chi connectivity index (χ4n) is 0.882. The predicted octanol–water partition coefficient (Wildman–Crippen LogP) is 1.99. The predicted molar refractivity (Wildman–Crippen MR) is 50.8 cm³/mol. The van der Waals surface area contributed by atoms with Crippen molar-refractivity contribution in [3.8, 4) is 0 Å². The first-order valence-electron chi connectivity index (χ1n) is 4.10. The van der Waals surface area contributed by atoms with Crippen LogP contribution < -0.4 is 0 Å². The minimum Gasteiger partial charge on any atom is -0.385 e. The number of hydrogen-bond donors (Lipinski definition) is 0. The molecule has 0 rings (SSSR count). The molecule has 0 unspecified atom stereocenters. The van der Waals surface area contributed by atoms with Gasteiger partial charge < -0.3 is 9.47 Å². The van der Waals surface area contributed by atoms with E-state index in [9.17, 15) is 0 Å². The molecule has 0 fully saturated rings. The van der Waals surface area contributed by atoms with Crippen LogP contribution in [0.3, 0.4) is 0 Å². The van der Waals surface area contributed by atoms with E-state index in [1.807, 2.05) is 0 Å². The van der Waals surface area contributed by atoms with Crippen LogP contribution in [-0.2, 0) is 9.47 Å². The number of ether oxygens (including phenoxy) is 2. The Hall–Kier alpha value is 0.137. The van der Waals surface area contributed by atoms with Crippen molar-refractivity contribution in [1.82, 2.24) is 0 Å². The summed E-state index contributed by atoms with van der Waals surface area (Å²) >= 11 is 0. The van der Waals surface area contributed by atoms with Crippen LogP contribution in [-0.4, -0.2) is 35.5 Å². The van der Waals surface area contributed by atoms with Gasteiger partial charge in [0.15, 0.2) is 0 Å². The lowest BCUT2D eigenvalue weighted by Crippen LogP contribution is -2.28. The normalized spacial score (nSPS) is 12.0. The Morgan fingerprint density at radius 1 is 0.909 bits per heavy atom. The molecule has 0 saturated carbocycles. The van der Waals surface area contributed by atoms with E-state index in [0.717, 1.165) is 13.2 Å². The van der Waals surface area contributed by atoms with Crippen LogP contribution in [0.25, 0.3) is 0 Å². The van der Waals surface area contributed by atoms with Gasteiger partial charge in [-0.1, -0.05) is 13.1 Å². The lowest BCUT2D eigenvalue weighted by atomic mass is 10.8. The molecule has 0 bridgehead atoms. The van der Waals surface area contributed by atoms with E-state index in [0.29, 0.717) is 0 Å². The van der Waals surface area contributed by atoms with Gasteiger partial charge in [0.2, 0.25) is 0 Å². The number of rotatable bonds is 6. The zero-order valence-electron chi connectivity index (χ0n) is 8.14. The third-order valence-electron chi connectivity index (χ3n) is 1.97. The summed E-state index contributed by atoms with van der Waals surface area (Å²) < 4.78 is 10.1. The monoisotopic (exact) mass is 176 g/mol. The van der Waals surface area contributed by atoms with Crippen molar-refractivity contribution < 1.29 is 9.47 Å². The quantitative estimate of drug-likeness (QED) is 0.576. The van der Waals surface area contributed by atoms with E-state index in [4.69, 9.17) is 9.47 Å². The lowest BCUT2D eigenvalue weighted by Gasteiger charge is -2.20. The second-order valence-electron chi connectivity index (χ2n) is 3.65. The molecule has 0 aliphatic heterocycles. The average molecular weight is 176 g/mol. The van der Waals surface area contributed by atoms with Crippen LogP contribution in [0.2, 0.25) is 25.2 Å². The molecule has 0 aliphatic rings. The Morgan fingerprint density at radius 2 is 1.27 bits per heavy atom. The van der Waals surface area contributed by atoms with Crippen molar-refractivity contribution in [3.05, 3.63) is 0 Å². The van der Waals surface area contributed by atoms with Gasteiger partial charge in [-0.25, -0.2) is 0 Å². The molecule has 0 atom stereocenters. The first-order valence-corrected chi connectivity index (χ1v) is 7.52. The van der Waals surface area contributed by atoms with Gasteiger partial charge >= 0.3 is 0 Å². The minimum absolute atomic E-state index is 0.906. The molecular weight excluding hydrogens is 156 g/mol. The summed E-state index contributed by atoms with van der Waals surface area (Å²) in [5, 5.41) is 0. The van der Waals surface area contributed by atoms with E-state index in [-0.39, 0.29) is 0 Å². The summed E-state index contributed by atoms with van der Waals surface area (Å²) in [7, 11) is 2.53. The summed E-state index contributed by atoms with van der Waals surface area (Å²) in [6.45, 7) is 6.57. The topological polar surface area (TPSA) is 18.5 Å². The molecule has 11 heavy (non-hydrogen) atoms. The molecule has 0 aromatic rings. The van der Waals surface area contributed by atoms with Crippen molar-refractivity contribution in [1.29, 1.82) is 0 Å². The van der Waals surface area contributed by atoms with Gasteiger partial charge in [-0.3, -0.25) is 0 Å². The van der Waals surface area contributed by atoms with Crippen LogP contribution in [0.4, 0.5) is 0 Å². The Bertz CT molecular complexity index is 84.1. The van der Waals surface area contributed by atoms with Crippen LogP contribution in [0.5, 0.6) is 0 Å². The molecule has 0 saturated heterocycles. The molecule has 3 heteroatoms. The summed E-state index contributed by atoms with van der Waals surface area (Å²) in [6.07, 6.45) is 0. The van der Waals surface area contributed by atoms with Gasteiger partial charge in [0.1, 0.15) is 0 Å². The van der Waals surface area contributed by atoms with Crippen molar-refractivity contribution in [2.75, 3.05) is 27.4 Å². The Morgan fingerprint density at radius 3 is 1.55 bits per heavy atom. The van der Waals surface area contributed by atoms with Gasteiger partial charge in [0.25, 0.3) is 0 Å². The maximum atomic E-state index is 5.05. The van der Waals surface area contributed by atoms with Gasteiger partial charge in [0, 0.05) is 27.4 Å². The average Bonchev–Trinajstić information content (AvgIpc) is 1.97. The third-order valence-corrected chi connectivity index (χ3v) is 5.08. The smallest absolute Gasteiger partial charge is 0.0519 e. The van der Waals surface area contributed by atoms with Gasteiger partial charge in [0.05, 0.1) is 8.07 Å². The van der Waals surface area contributed by atoms with Gasteiger partial charge in [-0.05, 0) is 12.1 Å². The molecule has 2 nitrogen and oxygen atoms in total. The largest absolute Gasteiger partial charge is 0.385 e. The van der Waals surface area contributed by atoms with Crippen LogP contribution in [0.15, 0.2) is 0 Å². The van der Waals surface area contributed by atoms with E-state index >= 15 is 0 Å². The molecule has 0 aliphatic carbocycles. The first kappa shape index (κ1) is 11.1. The second kappa shape index (κ2) is 5.74. The van der Waals surface area contributed by atoms with Crippen LogP contribution in [0, 0.1) is 0 Å². The molecule has 0 aromatic heterocycles. The molecule has 0 aromatic carbocycles. The molecule has 0 heterocycles. The summed E-state index contributed by atoms with van der Waals surface area (Å²) in [5.74, 6) is 0. The molecule has 0 spiro atoms. The van der Waals surface area contributed by atoms with Crippen molar-refractivity contribution >= 4 is 8.07 Å². The third kappa shape index (κ3) is 6.53. The summed E-state index contributed by atoms with van der Waals surface area (Å²) in [5.41, 5.74) is 0. The highest BCUT2D eigenvalue weighted by atomic mass is 28.3. The van der Waals surface area contributed by atoms with E-state index < -0.39 is 8.07 Å². The SMILES string of the molecule is COCC[Si](C)(C)CCOC. The van der Waals surface area contributed by atoms with Crippen LogP contribution in [0.1, 0.15) is 0 Å². The zero-order chi connectivity index (χ0) is 8.74. The minimum atomic E-state index is -0.995. The first-order chi connectivity index (χ1) is 5.12. The van der Waals surface area contributed by atoms with Gasteiger partial charge in [-0.15, -0.1) is 0 Å². The molecule has 0 amide bonds. The summed E-state index contributed by atoms with van der Waals surface area (Å²) in [6, 6.07) is 2.49. The molecule has 0 radical (unpaired) electrons. The molecule has 0 N–H and O–H groups in total. The van der Waals surface area contributed by atoms with Crippen molar-refractivity contribution in [3.63, 3.8) is 0 Å². The molecular formula is C8H20O2Si. The van der Waals surface area contributed by atoms with Crippen molar-refractivity contribution in [2.45, 2.75) is 25.2 Å². The van der Waals surface area contributed by atoms with E-state index in [1.165, 1.54) is 12.1 Å². The van der Waals surface area contributed by atoms with E-state index in [1.54, 1.807) is 14.2 Å². The summed E-state index contributed by atoms with van der Waals surface area (Å²) in [4.78, 5) is 0.